The second-order valence-corrected chi connectivity index (χ2v) is 5.65. The Morgan fingerprint density at radius 2 is 2.27 bits per heavy atom. The molecule has 0 saturated carbocycles. The van der Waals surface area contributed by atoms with E-state index in [2.05, 4.69) is 22.5 Å². The standard InChI is InChI=1S/C16H24FN3O2/c1-16(7-4-8-22-16)11-20-15(18-2)19-10-12-5-6-14(21-3)13(17)9-12/h5-6,9H,4,7-8,10-11H2,1-3H3,(H2,18,19,20). The van der Waals surface area contributed by atoms with Gasteiger partial charge in [0, 0.05) is 26.7 Å². The van der Waals surface area contributed by atoms with E-state index in [-0.39, 0.29) is 17.2 Å². The molecule has 122 valence electrons. The molecule has 6 heteroatoms. The van der Waals surface area contributed by atoms with Crippen molar-refractivity contribution in [3.8, 4) is 5.75 Å². The molecule has 0 aliphatic carbocycles. The summed E-state index contributed by atoms with van der Waals surface area (Å²) in [6.45, 7) is 4.09. The number of hydrogen-bond donors (Lipinski definition) is 2. The minimum atomic E-state index is -0.364. The van der Waals surface area contributed by atoms with Crippen molar-refractivity contribution in [2.75, 3.05) is 27.3 Å². The van der Waals surface area contributed by atoms with E-state index in [4.69, 9.17) is 9.47 Å². The quantitative estimate of drug-likeness (QED) is 0.646. The fourth-order valence-electron chi connectivity index (χ4n) is 2.47. The lowest BCUT2D eigenvalue weighted by Gasteiger charge is -2.24. The first-order valence-corrected chi connectivity index (χ1v) is 7.47. The monoisotopic (exact) mass is 309 g/mol. The first kappa shape index (κ1) is 16.5. The van der Waals surface area contributed by atoms with Crippen LogP contribution in [0.15, 0.2) is 23.2 Å². The fourth-order valence-corrected chi connectivity index (χ4v) is 2.47. The predicted octanol–water partition coefficient (Wildman–Crippen LogP) is 2.07. The van der Waals surface area contributed by atoms with Crippen molar-refractivity contribution >= 4 is 5.96 Å². The molecule has 1 fully saturated rings. The van der Waals surface area contributed by atoms with Gasteiger partial charge in [-0.3, -0.25) is 4.99 Å². The van der Waals surface area contributed by atoms with Gasteiger partial charge < -0.3 is 20.1 Å². The highest BCUT2D eigenvalue weighted by molar-refractivity contribution is 5.79. The third-order valence-electron chi connectivity index (χ3n) is 3.83. The maximum atomic E-state index is 13.6. The highest BCUT2D eigenvalue weighted by atomic mass is 19.1. The SMILES string of the molecule is CN=C(NCc1ccc(OC)c(F)c1)NCC1(C)CCCO1. The number of methoxy groups -OCH3 is 1. The van der Waals surface area contributed by atoms with Crippen LogP contribution in [0.5, 0.6) is 5.75 Å². The molecular weight excluding hydrogens is 285 g/mol. The zero-order valence-electron chi connectivity index (χ0n) is 13.4. The van der Waals surface area contributed by atoms with Crippen molar-refractivity contribution < 1.29 is 13.9 Å². The van der Waals surface area contributed by atoms with Crippen LogP contribution < -0.4 is 15.4 Å². The lowest BCUT2D eigenvalue weighted by atomic mass is 10.0. The zero-order chi connectivity index (χ0) is 16.0. The minimum absolute atomic E-state index is 0.135. The number of halogens is 1. The van der Waals surface area contributed by atoms with Gasteiger partial charge in [0.1, 0.15) is 0 Å². The van der Waals surface area contributed by atoms with Gasteiger partial charge in [0.25, 0.3) is 0 Å². The molecule has 5 nitrogen and oxygen atoms in total. The highest BCUT2D eigenvalue weighted by Crippen LogP contribution is 2.23. The van der Waals surface area contributed by atoms with Crippen LogP contribution in [-0.2, 0) is 11.3 Å². The third kappa shape index (κ3) is 4.34. The van der Waals surface area contributed by atoms with Crippen molar-refractivity contribution in [1.82, 2.24) is 10.6 Å². The van der Waals surface area contributed by atoms with Crippen LogP contribution in [0, 0.1) is 5.82 Å². The summed E-state index contributed by atoms with van der Waals surface area (Å²) in [7, 11) is 3.16. The Morgan fingerprint density at radius 1 is 1.45 bits per heavy atom. The van der Waals surface area contributed by atoms with Crippen LogP contribution in [0.25, 0.3) is 0 Å². The lowest BCUT2D eigenvalue weighted by Crippen LogP contribution is -2.45. The first-order chi connectivity index (χ1) is 10.6. The van der Waals surface area contributed by atoms with E-state index in [0.717, 1.165) is 25.0 Å². The molecule has 0 aromatic heterocycles. The summed E-state index contributed by atoms with van der Waals surface area (Å²) in [6, 6.07) is 4.90. The van der Waals surface area contributed by atoms with E-state index in [1.807, 2.05) is 6.07 Å². The molecule has 1 aliphatic heterocycles. The molecule has 1 atom stereocenters. The van der Waals surface area contributed by atoms with Crippen LogP contribution in [0.2, 0.25) is 0 Å². The van der Waals surface area contributed by atoms with Crippen molar-refractivity contribution in [3.05, 3.63) is 29.6 Å². The van der Waals surface area contributed by atoms with Gasteiger partial charge in [0.2, 0.25) is 0 Å². The third-order valence-corrected chi connectivity index (χ3v) is 3.83. The molecule has 0 bridgehead atoms. The van der Waals surface area contributed by atoms with E-state index >= 15 is 0 Å². The van der Waals surface area contributed by atoms with E-state index in [0.29, 0.717) is 19.0 Å². The van der Waals surface area contributed by atoms with Gasteiger partial charge in [-0.1, -0.05) is 6.07 Å². The normalized spacial score (nSPS) is 21.7. The molecule has 0 amide bonds. The second kappa shape index (κ2) is 7.45. The Hall–Kier alpha value is -1.82. The van der Waals surface area contributed by atoms with E-state index in [1.165, 1.54) is 13.2 Å². The number of aliphatic imine (C=N–C) groups is 1. The Bertz CT molecular complexity index is 528. The summed E-state index contributed by atoms with van der Waals surface area (Å²) in [4.78, 5) is 4.17. The molecule has 1 heterocycles. The van der Waals surface area contributed by atoms with Gasteiger partial charge in [-0.2, -0.15) is 0 Å². The number of ether oxygens (including phenoxy) is 2. The molecule has 22 heavy (non-hydrogen) atoms. The van der Waals surface area contributed by atoms with Crippen LogP contribution in [0.1, 0.15) is 25.3 Å². The molecule has 2 rings (SSSR count). The van der Waals surface area contributed by atoms with Crippen LogP contribution in [0.4, 0.5) is 4.39 Å². The molecule has 1 aliphatic rings. The summed E-state index contributed by atoms with van der Waals surface area (Å²) < 4.78 is 24.3. The van der Waals surface area contributed by atoms with Crippen molar-refractivity contribution in [2.45, 2.75) is 31.9 Å². The minimum Gasteiger partial charge on any atom is -0.494 e. The molecular formula is C16H24FN3O2. The van der Waals surface area contributed by atoms with Gasteiger partial charge in [-0.25, -0.2) is 4.39 Å². The van der Waals surface area contributed by atoms with Gasteiger partial charge in [-0.05, 0) is 37.5 Å². The van der Waals surface area contributed by atoms with Gasteiger partial charge in [0.15, 0.2) is 17.5 Å². The lowest BCUT2D eigenvalue weighted by molar-refractivity contribution is 0.0243. The molecule has 1 unspecified atom stereocenters. The number of nitrogens with one attached hydrogen (secondary N) is 2. The molecule has 1 aromatic rings. The largest absolute Gasteiger partial charge is 0.494 e. The van der Waals surface area contributed by atoms with Crippen molar-refractivity contribution in [3.63, 3.8) is 0 Å². The van der Waals surface area contributed by atoms with Gasteiger partial charge in [-0.15, -0.1) is 0 Å². The number of rotatable bonds is 5. The Kier molecular flexibility index (Phi) is 5.60. The maximum absolute atomic E-state index is 13.6. The maximum Gasteiger partial charge on any atom is 0.191 e. The smallest absolute Gasteiger partial charge is 0.191 e. The van der Waals surface area contributed by atoms with E-state index in [9.17, 15) is 4.39 Å². The van der Waals surface area contributed by atoms with Crippen molar-refractivity contribution in [2.24, 2.45) is 4.99 Å². The summed E-state index contributed by atoms with van der Waals surface area (Å²) in [5.41, 5.74) is 0.689. The summed E-state index contributed by atoms with van der Waals surface area (Å²) >= 11 is 0. The van der Waals surface area contributed by atoms with Gasteiger partial charge in [0.05, 0.1) is 12.7 Å². The van der Waals surface area contributed by atoms with E-state index in [1.54, 1.807) is 13.1 Å². The van der Waals surface area contributed by atoms with E-state index < -0.39 is 0 Å². The van der Waals surface area contributed by atoms with Crippen LogP contribution in [0.3, 0.4) is 0 Å². The summed E-state index contributed by atoms with van der Waals surface area (Å²) in [6.07, 6.45) is 2.13. The van der Waals surface area contributed by atoms with Crippen LogP contribution in [-0.4, -0.2) is 38.9 Å². The summed E-state index contributed by atoms with van der Waals surface area (Å²) in [5.74, 6) is 0.558. The topological polar surface area (TPSA) is 54.9 Å². The molecule has 1 aromatic carbocycles. The average Bonchev–Trinajstić information content (AvgIpc) is 2.94. The number of hydrogen-bond acceptors (Lipinski definition) is 3. The Morgan fingerprint density at radius 3 is 2.86 bits per heavy atom. The fraction of sp³-hybridized carbons (Fsp3) is 0.562. The number of benzene rings is 1. The Labute approximate surface area is 130 Å². The van der Waals surface area contributed by atoms with Gasteiger partial charge >= 0.3 is 0 Å². The zero-order valence-corrected chi connectivity index (χ0v) is 13.4. The average molecular weight is 309 g/mol. The molecule has 0 spiro atoms. The predicted molar refractivity (Wildman–Crippen MR) is 84.7 cm³/mol. The Balaban J connectivity index is 1.84. The second-order valence-electron chi connectivity index (χ2n) is 5.65. The van der Waals surface area contributed by atoms with Crippen LogP contribution >= 0.6 is 0 Å². The summed E-state index contributed by atoms with van der Waals surface area (Å²) in [5, 5.41) is 6.42. The molecule has 1 saturated heterocycles. The van der Waals surface area contributed by atoms with Crippen molar-refractivity contribution in [1.29, 1.82) is 0 Å². The highest BCUT2D eigenvalue weighted by Gasteiger charge is 2.29. The first-order valence-electron chi connectivity index (χ1n) is 7.47. The molecule has 2 N–H and O–H groups in total. The number of guanidine groups is 1. The molecule has 0 radical (unpaired) electrons. The number of nitrogens with zero attached hydrogens (tertiary/aromatic N) is 1.